The number of anilines is 3. The van der Waals surface area contributed by atoms with Crippen LogP contribution >= 0.6 is 11.6 Å². The number of amides is 1. The lowest BCUT2D eigenvalue weighted by atomic mass is 9.70. The summed E-state index contributed by atoms with van der Waals surface area (Å²) in [7, 11) is 1.99. The molecule has 1 aliphatic heterocycles. The van der Waals surface area contributed by atoms with Crippen LogP contribution < -0.4 is 10.6 Å². The Labute approximate surface area is 497 Å². The molecule has 80 heavy (non-hydrogen) atoms. The summed E-state index contributed by atoms with van der Waals surface area (Å²) in [6.07, 6.45) is 74.3. The predicted molar refractivity (Wildman–Crippen MR) is 348 cm³/mol. The molecule has 2 N–H and O–H groups in total. The number of fused-ring (bicyclic) bond motifs is 1. The molecule has 2 fully saturated rings. The molecule has 1 amide bonds. The molecule has 456 valence electrons. The van der Waals surface area contributed by atoms with Crippen LogP contribution in [0.5, 0.6) is 0 Å². The van der Waals surface area contributed by atoms with Gasteiger partial charge >= 0.3 is 0 Å². The Balaban J connectivity index is 1.07. The molecule has 1 aromatic carbocycles. The number of rotatable bonds is 4. The van der Waals surface area contributed by atoms with E-state index in [1.54, 1.807) is 13.1 Å². The number of aryl methyl sites for hydroxylation is 2. The Bertz CT molecular complexity index is 1990. The van der Waals surface area contributed by atoms with Gasteiger partial charge in [0.05, 0.1) is 11.7 Å². The summed E-state index contributed by atoms with van der Waals surface area (Å²) < 4.78 is 1.93. The van der Waals surface area contributed by atoms with Gasteiger partial charge in [-0.25, -0.2) is 4.98 Å². The van der Waals surface area contributed by atoms with Crippen molar-refractivity contribution in [1.29, 1.82) is 0 Å². The second-order valence-corrected chi connectivity index (χ2v) is 26.6. The molecule has 5 rings (SSSR count). The van der Waals surface area contributed by atoms with E-state index in [-0.39, 0.29) is 17.4 Å². The van der Waals surface area contributed by atoms with Gasteiger partial charge < -0.3 is 15.5 Å². The zero-order valence-electron chi connectivity index (χ0n) is 52.6. The third-order valence-electron chi connectivity index (χ3n) is 19.3. The minimum Gasteiger partial charge on any atom is -0.366 e. The smallest absolute Gasteiger partial charge is 0.229 e. The third-order valence-corrected chi connectivity index (χ3v) is 19.6. The lowest BCUT2D eigenvalue weighted by molar-refractivity contribution is -0.131. The van der Waals surface area contributed by atoms with Crippen LogP contribution in [-0.2, 0) is 11.8 Å². The largest absolute Gasteiger partial charge is 0.366 e. The number of carbonyl (C=O) groups excluding carboxylic acids is 1. The SMILES string of the molecule is CC(=O)N1CCC2(CCCCCCCCCCCCCCCCCCCCCCCCCCCCCCCCCCCCCCCCCCCCCCCCC(Nc3nc(Nc4ccc5c(C)n(C)nc5c4)ncc3Cl)CC2)CC1. The van der Waals surface area contributed by atoms with Crippen LogP contribution in [0.2, 0.25) is 5.02 Å². The summed E-state index contributed by atoms with van der Waals surface area (Å²) in [5, 5.41) is 13.8. The molecule has 1 atom stereocenters. The highest BCUT2D eigenvalue weighted by molar-refractivity contribution is 6.32. The van der Waals surface area contributed by atoms with Gasteiger partial charge in [0.25, 0.3) is 0 Å². The first-order valence-corrected chi connectivity index (χ1v) is 35.4. The maximum absolute atomic E-state index is 12.5. The molecular weight excluding hydrogens is 1000 g/mol. The van der Waals surface area contributed by atoms with Gasteiger partial charge in [-0.2, -0.15) is 10.1 Å². The normalized spacial score (nSPS) is 22.3. The summed E-state index contributed by atoms with van der Waals surface area (Å²) in [5.41, 5.74) is 3.28. The first-order chi connectivity index (χ1) is 39.3. The molecule has 0 bridgehead atoms. The van der Waals surface area contributed by atoms with Crippen molar-refractivity contribution in [2.45, 2.75) is 354 Å². The number of carbonyl (C=O) groups is 1. The number of likely N-dealkylation sites (tertiary alicyclic amines) is 1. The van der Waals surface area contributed by atoms with Crippen molar-refractivity contribution in [3.05, 3.63) is 35.1 Å². The summed E-state index contributed by atoms with van der Waals surface area (Å²) in [5.74, 6) is 1.47. The lowest BCUT2D eigenvalue weighted by Gasteiger charge is -2.43. The van der Waals surface area contributed by atoms with Crippen LogP contribution in [-0.4, -0.2) is 49.7 Å². The van der Waals surface area contributed by atoms with E-state index >= 15 is 0 Å². The van der Waals surface area contributed by atoms with E-state index in [4.69, 9.17) is 21.7 Å². The van der Waals surface area contributed by atoms with Gasteiger partial charge in [-0.1, -0.05) is 307 Å². The van der Waals surface area contributed by atoms with Crippen molar-refractivity contribution in [3.63, 3.8) is 0 Å². The van der Waals surface area contributed by atoms with E-state index in [2.05, 4.69) is 45.6 Å². The quantitative estimate of drug-likeness (QED) is 0.271. The van der Waals surface area contributed by atoms with Gasteiger partial charge in [0.1, 0.15) is 5.02 Å². The van der Waals surface area contributed by atoms with E-state index in [1.807, 2.05) is 11.7 Å². The standard InChI is InChI=1S/C71H124ClN7O/c1-62-66-52-51-65(60-68(66)77-78(62)3)75-70-73-61-67(72)69(76-70)74-64-50-48-46-44-42-40-38-36-34-32-30-28-26-24-22-20-18-16-14-12-10-8-6-4-5-7-9-11-13-15-17-19-21-23-25-27-29-31-33-35-37-39-41-43-45-47-49-54-71(55-53-64)56-58-79(59-57-71)63(2)80/h51-52,60-61,64H,4-50,53-59H2,1-3H3,(H2,73,74,75,76). The van der Waals surface area contributed by atoms with Crippen molar-refractivity contribution in [3.8, 4) is 0 Å². The molecule has 9 heteroatoms. The first kappa shape index (κ1) is 67.9. The molecule has 1 spiro atoms. The summed E-state index contributed by atoms with van der Waals surface area (Å²) >= 11 is 6.93. The maximum Gasteiger partial charge on any atom is 0.229 e. The number of benzene rings is 1. The van der Waals surface area contributed by atoms with Crippen LogP contribution in [0.25, 0.3) is 10.9 Å². The predicted octanol–water partition coefficient (Wildman–Crippen LogP) is 23.0. The average molecular weight is 1130 g/mol. The molecule has 1 unspecified atom stereocenters. The highest BCUT2D eigenvalue weighted by Gasteiger charge is 2.35. The number of halogens is 1. The zero-order valence-corrected chi connectivity index (χ0v) is 53.3. The van der Waals surface area contributed by atoms with E-state index in [9.17, 15) is 4.79 Å². The van der Waals surface area contributed by atoms with Crippen LogP contribution in [0, 0.1) is 12.3 Å². The Morgan fingerprint density at radius 2 is 0.887 bits per heavy atom. The van der Waals surface area contributed by atoms with Crippen LogP contribution in [0.4, 0.5) is 17.5 Å². The molecule has 0 radical (unpaired) electrons. The molecule has 2 aromatic heterocycles. The minimum atomic E-state index is 0.228. The van der Waals surface area contributed by atoms with Crippen molar-refractivity contribution in [2.75, 3.05) is 23.7 Å². The number of hydrogen-bond acceptors (Lipinski definition) is 6. The molecular formula is C71H124ClN7O. The Morgan fingerprint density at radius 3 is 1.27 bits per heavy atom. The number of hydrogen-bond donors (Lipinski definition) is 2. The highest BCUT2D eigenvalue weighted by Crippen LogP contribution is 2.42. The van der Waals surface area contributed by atoms with Crippen LogP contribution in [0.15, 0.2) is 24.4 Å². The number of piperidine rings is 1. The lowest BCUT2D eigenvalue weighted by Crippen LogP contribution is -2.42. The Kier molecular flexibility index (Phi) is 37.1. The van der Waals surface area contributed by atoms with Gasteiger partial charge in [0.15, 0.2) is 5.82 Å². The molecule has 1 saturated carbocycles. The monoisotopic (exact) mass is 1130 g/mol. The van der Waals surface area contributed by atoms with Gasteiger partial charge in [-0.3, -0.25) is 9.48 Å². The fourth-order valence-electron chi connectivity index (χ4n) is 13.6. The fraction of sp³-hybridized carbons (Fsp3) is 0.831. The number of aromatic nitrogens is 4. The van der Waals surface area contributed by atoms with E-state index in [0.29, 0.717) is 16.8 Å². The van der Waals surface area contributed by atoms with E-state index in [1.165, 1.54) is 308 Å². The molecule has 1 saturated heterocycles. The van der Waals surface area contributed by atoms with Crippen molar-refractivity contribution < 1.29 is 4.79 Å². The second kappa shape index (κ2) is 43.7. The van der Waals surface area contributed by atoms with E-state index in [0.717, 1.165) is 61.1 Å². The number of nitrogens with one attached hydrogen (secondary N) is 2. The fourth-order valence-corrected chi connectivity index (χ4v) is 13.8. The van der Waals surface area contributed by atoms with Gasteiger partial charge in [-0.05, 0) is 69.1 Å². The van der Waals surface area contributed by atoms with Crippen molar-refractivity contribution in [1.82, 2.24) is 24.6 Å². The van der Waals surface area contributed by atoms with E-state index < -0.39 is 0 Å². The molecule has 3 heterocycles. The Hall–Kier alpha value is -2.87. The van der Waals surface area contributed by atoms with Crippen molar-refractivity contribution in [2.24, 2.45) is 12.5 Å². The first-order valence-electron chi connectivity index (χ1n) is 35.1. The van der Waals surface area contributed by atoms with Gasteiger partial charge in [-0.15, -0.1) is 0 Å². The Morgan fingerprint density at radius 1 is 0.512 bits per heavy atom. The van der Waals surface area contributed by atoms with Gasteiger partial charge in [0, 0.05) is 49.9 Å². The maximum atomic E-state index is 12.5. The minimum absolute atomic E-state index is 0.228. The third kappa shape index (κ3) is 30.1. The van der Waals surface area contributed by atoms with Gasteiger partial charge in [0.2, 0.25) is 11.9 Å². The number of nitrogens with zero attached hydrogens (tertiary/aromatic N) is 5. The topological polar surface area (TPSA) is 88.0 Å². The highest BCUT2D eigenvalue weighted by atomic mass is 35.5. The second-order valence-electron chi connectivity index (χ2n) is 26.1. The van der Waals surface area contributed by atoms with Crippen molar-refractivity contribution >= 4 is 45.9 Å². The molecule has 8 nitrogen and oxygen atoms in total. The summed E-state index contributed by atoms with van der Waals surface area (Å²) in [4.78, 5) is 24.2. The molecule has 1 aliphatic carbocycles. The van der Waals surface area contributed by atoms with Crippen LogP contribution in [0.3, 0.4) is 0 Å². The van der Waals surface area contributed by atoms with Crippen LogP contribution in [0.1, 0.15) is 347 Å². The summed E-state index contributed by atoms with van der Waals surface area (Å²) in [6, 6.07) is 6.53. The molecule has 2 aliphatic rings. The molecule has 3 aromatic rings. The summed E-state index contributed by atoms with van der Waals surface area (Å²) in [6.45, 7) is 5.64. The average Bonchev–Trinajstić information content (AvgIpc) is 3.75. The zero-order chi connectivity index (χ0) is 56.4.